The average Bonchev–Trinajstić information content (AvgIpc) is 2.54. The summed E-state index contributed by atoms with van der Waals surface area (Å²) in [6, 6.07) is 6.54. The maximum absolute atomic E-state index is 13.8. The number of para-hydroxylation sites is 1. The molecule has 0 N–H and O–H groups in total. The second-order valence-electron chi connectivity index (χ2n) is 5.74. The van der Waals surface area contributed by atoms with Crippen molar-refractivity contribution in [1.29, 1.82) is 0 Å². The van der Waals surface area contributed by atoms with E-state index in [2.05, 4.69) is 0 Å². The first-order chi connectivity index (χ1) is 11.0. The molecule has 6 nitrogen and oxygen atoms in total. The first-order valence-electron chi connectivity index (χ1n) is 7.56. The maximum atomic E-state index is 13.8. The number of hydrogen-bond acceptors (Lipinski definition) is 5. The molecular formula is C15H19FN2O4S. The van der Waals surface area contributed by atoms with Crippen LogP contribution in [0.4, 0.5) is 10.1 Å². The Morgan fingerprint density at radius 3 is 2.52 bits per heavy atom. The van der Waals surface area contributed by atoms with E-state index in [1.165, 1.54) is 6.07 Å². The van der Waals surface area contributed by atoms with Crippen LogP contribution in [0.3, 0.4) is 0 Å². The van der Waals surface area contributed by atoms with Crippen LogP contribution in [0.15, 0.2) is 24.3 Å². The van der Waals surface area contributed by atoms with Gasteiger partial charge in [-0.15, -0.1) is 0 Å². The van der Waals surface area contributed by atoms with Gasteiger partial charge in [-0.25, -0.2) is 12.8 Å². The van der Waals surface area contributed by atoms with Gasteiger partial charge in [0.1, 0.15) is 11.9 Å². The molecule has 1 amide bonds. The number of rotatable bonds is 2. The van der Waals surface area contributed by atoms with E-state index in [-0.39, 0.29) is 29.8 Å². The van der Waals surface area contributed by atoms with Crippen molar-refractivity contribution in [2.24, 2.45) is 0 Å². The first kappa shape index (κ1) is 16.2. The van der Waals surface area contributed by atoms with E-state index in [4.69, 9.17) is 4.74 Å². The van der Waals surface area contributed by atoms with Gasteiger partial charge in [0.25, 0.3) is 5.91 Å². The Morgan fingerprint density at radius 1 is 1.17 bits per heavy atom. The molecule has 0 aliphatic carbocycles. The standard InChI is InChI=1S/C15H19FN2O4S/c16-12-3-1-2-4-13(12)17-5-7-18(8-6-17)15(19)14-11-23(20,21)10-9-22-14/h1-4,14H,5-11H2. The minimum absolute atomic E-state index is 0.0299. The van der Waals surface area contributed by atoms with Gasteiger partial charge in [0.2, 0.25) is 0 Å². The number of sulfone groups is 1. The van der Waals surface area contributed by atoms with Gasteiger partial charge in [-0.1, -0.05) is 12.1 Å². The van der Waals surface area contributed by atoms with Gasteiger partial charge in [0.05, 0.1) is 23.8 Å². The van der Waals surface area contributed by atoms with Crippen molar-refractivity contribution in [3.63, 3.8) is 0 Å². The fraction of sp³-hybridized carbons (Fsp3) is 0.533. The topological polar surface area (TPSA) is 66.9 Å². The van der Waals surface area contributed by atoms with Crippen molar-refractivity contribution in [3.05, 3.63) is 30.1 Å². The fourth-order valence-electron chi connectivity index (χ4n) is 2.90. The van der Waals surface area contributed by atoms with Crippen molar-refractivity contribution < 1.29 is 22.3 Å². The largest absolute Gasteiger partial charge is 0.366 e. The molecule has 2 aliphatic rings. The smallest absolute Gasteiger partial charge is 0.252 e. The Labute approximate surface area is 134 Å². The van der Waals surface area contributed by atoms with Crippen LogP contribution < -0.4 is 4.90 Å². The van der Waals surface area contributed by atoms with Crippen molar-refractivity contribution >= 4 is 21.4 Å². The van der Waals surface area contributed by atoms with E-state index in [9.17, 15) is 17.6 Å². The third-order valence-electron chi connectivity index (χ3n) is 4.18. The Hall–Kier alpha value is -1.67. The lowest BCUT2D eigenvalue weighted by atomic mass is 10.2. The minimum Gasteiger partial charge on any atom is -0.366 e. The van der Waals surface area contributed by atoms with Crippen LogP contribution in [0.25, 0.3) is 0 Å². The highest BCUT2D eigenvalue weighted by molar-refractivity contribution is 7.91. The molecule has 23 heavy (non-hydrogen) atoms. The zero-order valence-corrected chi connectivity index (χ0v) is 13.5. The molecule has 0 saturated carbocycles. The van der Waals surface area contributed by atoms with Crippen LogP contribution in [0.2, 0.25) is 0 Å². The van der Waals surface area contributed by atoms with Gasteiger partial charge in [0, 0.05) is 26.2 Å². The number of nitrogens with zero attached hydrogens (tertiary/aromatic N) is 2. The number of anilines is 1. The number of carbonyl (C=O) groups excluding carboxylic acids is 1. The Morgan fingerprint density at radius 2 is 1.87 bits per heavy atom. The lowest BCUT2D eigenvalue weighted by Gasteiger charge is -2.38. The summed E-state index contributed by atoms with van der Waals surface area (Å²) < 4.78 is 42.4. The van der Waals surface area contributed by atoms with Gasteiger partial charge in [-0.2, -0.15) is 0 Å². The normalized spacial score (nSPS) is 24.5. The van der Waals surface area contributed by atoms with E-state index in [1.54, 1.807) is 23.1 Å². The predicted molar refractivity (Wildman–Crippen MR) is 83.6 cm³/mol. The van der Waals surface area contributed by atoms with Gasteiger partial charge < -0.3 is 14.5 Å². The fourth-order valence-corrected chi connectivity index (χ4v) is 4.12. The summed E-state index contributed by atoms with van der Waals surface area (Å²) in [6.07, 6.45) is -0.909. The Kier molecular flexibility index (Phi) is 4.54. The van der Waals surface area contributed by atoms with E-state index in [1.807, 2.05) is 4.90 Å². The zero-order valence-electron chi connectivity index (χ0n) is 12.7. The molecule has 2 saturated heterocycles. The third-order valence-corrected chi connectivity index (χ3v) is 5.78. The zero-order chi connectivity index (χ0) is 16.4. The minimum atomic E-state index is -3.21. The van der Waals surface area contributed by atoms with Crippen LogP contribution in [0.5, 0.6) is 0 Å². The quantitative estimate of drug-likeness (QED) is 0.773. The summed E-state index contributed by atoms with van der Waals surface area (Å²) in [6.45, 7) is 1.92. The van der Waals surface area contributed by atoms with Crippen molar-refractivity contribution in [1.82, 2.24) is 4.90 Å². The van der Waals surface area contributed by atoms with Gasteiger partial charge in [0.15, 0.2) is 9.84 Å². The molecule has 1 atom stereocenters. The van der Waals surface area contributed by atoms with E-state index in [0.29, 0.717) is 31.9 Å². The second kappa shape index (κ2) is 6.45. The highest BCUT2D eigenvalue weighted by Gasteiger charge is 2.34. The van der Waals surface area contributed by atoms with E-state index < -0.39 is 15.9 Å². The van der Waals surface area contributed by atoms with Crippen LogP contribution in [-0.4, -0.2) is 69.6 Å². The third kappa shape index (κ3) is 3.64. The lowest BCUT2D eigenvalue weighted by molar-refractivity contribution is -0.142. The summed E-state index contributed by atoms with van der Waals surface area (Å²) in [5.41, 5.74) is 0.524. The molecule has 0 spiro atoms. The van der Waals surface area contributed by atoms with E-state index >= 15 is 0 Å². The molecule has 126 valence electrons. The molecular weight excluding hydrogens is 323 g/mol. The molecule has 2 fully saturated rings. The molecule has 1 aromatic rings. The molecule has 0 bridgehead atoms. The number of ether oxygens (including phenoxy) is 1. The summed E-state index contributed by atoms with van der Waals surface area (Å²) in [5, 5.41) is 0. The second-order valence-corrected chi connectivity index (χ2v) is 7.97. The number of piperazine rings is 1. The number of carbonyl (C=O) groups is 1. The first-order valence-corrected chi connectivity index (χ1v) is 9.39. The molecule has 2 aliphatic heterocycles. The molecule has 8 heteroatoms. The molecule has 1 unspecified atom stereocenters. The monoisotopic (exact) mass is 342 g/mol. The van der Waals surface area contributed by atoms with Crippen LogP contribution in [0, 0.1) is 5.82 Å². The van der Waals surface area contributed by atoms with Crippen molar-refractivity contribution in [2.45, 2.75) is 6.10 Å². The summed E-state index contributed by atoms with van der Waals surface area (Å²) in [5.74, 6) is -0.854. The number of benzene rings is 1. The van der Waals surface area contributed by atoms with Gasteiger partial charge in [-0.3, -0.25) is 4.79 Å². The van der Waals surface area contributed by atoms with Crippen molar-refractivity contribution in [2.75, 3.05) is 49.2 Å². The highest BCUT2D eigenvalue weighted by Crippen LogP contribution is 2.21. The number of amides is 1. The number of halogens is 1. The highest BCUT2D eigenvalue weighted by atomic mass is 32.2. The Balaban J connectivity index is 1.60. The summed E-state index contributed by atoms with van der Waals surface area (Å²) in [7, 11) is -3.21. The lowest BCUT2D eigenvalue weighted by Crippen LogP contribution is -2.54. The van der Waals surface area contributed by atoms with Gasteiger partial charge in [-0.05, 0) is 12.1 Å². The van der Waals surface area contributed by atoms with Gasteiger partial charge >= 0.3 is 0 Å². The molecule has 3 rings (SSSR count). The molecule has 0 aromatic heterocycles. The van der Waals surface area contributed by atoms with E-state index in [0.717, 1.165) is 0 Å². The van der Waals surface area contributed by atoms with Crippen molar-refractivity contribution in [3.8, 4) is 0 Å². The Bertz CT molecular complexity index is 686. The predicted octanol–water partition coefficient (Wildman–Crippen LogP) is 0.288. The molecule has 1 aromatic carbocycles. The summed E-state index contributed by atoms with van der Waals surface area (Å²) >= 11 is 0. The van der Waals surface area contributed by atoms with Crippen LogP contribution in [0.1, 0.15) is 0 Å². The maximum Gasteiger partial charge on any atom is 0.252 e. The molecule has 2 heterocycles. The molecule has 0 radical (unpaired) electrons. The number of hydrogen-bond donors (Lipinski definition) is 0. The van der Waals surface area contributed by atoms with Crippen LogP contribution >= 0.6 is 0 Å². The summed E-state index contributed by atoms with van der Waals surface area (Å²) in [4.78, 5) is 15.9. The average molecular weight is 342 g/mol. The SMILES string of the molecule is O=C(C1CS(=O)(=O)CCO1)N1CCN(c2ccccc2F)CC1. The van der Waals surface area contributed by atoms with Crippen LogP contribution in [-0.2, 0) is 19.4 Å².